The topological polar surface area (TPSA) is 12.0 Å². The fraction of sp³-hybridized carbons (Fsp3) is 0.300. The minimum absolute atomic E-state index is 1.02. The molecule has 0 radical (unpaired) electrons. The van der Waals surface area contributed by atoms with E-state index in [-0.39, 0.29) is 0 Å². The maximum Gasteiger partial charge on any atom is -0.00169 e. The van der Waals surface area contributed by atoms with Crippen LogP contribution in [0, 0.1) is 6.92 Å². The standard InChI is InChI=1S/C20H23N/c1-15-9-12-19-17(14-15)11-10-16-6-3-4-7-18(16)20(19)8-5-13-21-2/h3-4,6-9,12,14,21H,5,10-11,13H2,1-2H3/b20-8+. The van der Waals surface area contributed by atoms with Gasteiger partial charge in [0.25, 0.3) is 0 Å². The second kappa shape index (κ2) is 6.28. The van der Waals surface area contributed by atoms with E-state index >= 15 is 0 Å². The summed E-state index contributed by atoms with van der Waals surface area (Å²) < 4.78 is 0. The first-order valence-electron chi connectivity index (χ1n) is 7.82. The molecule has 0 saturated carbocycles. The quantitative estimate of drug-likeness (QED) is 0.832. The Hall–Kier alpha value is -1.86. The average molecular weight is 277 g/mol. The molecule has 2 aromatic carbocycles. The van der Waals surface area contributed by atoms with Gasteiger partial charge in [0.15, 0.2) is 0 Å². The number of aryl methyl sites for hydroxylation is 3. The van der Waals surface area contributed by atoms with E-state index in [9.17, 15) is 0 Å². The van der Waals surface area contributed by atoms with Crippen LogP contribution >= 0.6 is 0 Å². The third-order valence-corrected chi connectivity index (χ3v) is 4.26. The molecule has 0 fully saturated rings. The minimum atomic E-state index is 1.02. The van der Waals surface area contributed by atoms with Gasteiger partial charge in [0.05, 0.1) is 0 Å². The molecule has 0 spiro atoms. The third-order valence-electron chi connectivity index (χ3n) is 4.26. The molecule has 0 amide bonds. The Kier molecular flexibility index (Phi) is 4.21. The van der Waals surface area contributed by atoms with Crippen molar-refractivity contribution in [2.24, 2.45) is 0 Å². The number of hydrogen-bond acceptors (Lipinski definition) is 1. The molecule has 1 heteroatoms. The van der Waals surface area contributed by atoms with Gasteiger partial charge in [0.2, 0.25) is 0 Å². The summed E-state index contributed by atoms with van der Waals surface area (Å²) in [6.07, 6.45) is 5.73. The minimum Gasteiger partial charge on any atom is -0.319 e. The molecule has 0 unspecified atom stereocenters. The monoisotopic (exact) mass is 277 g/mol. The molecule has 1 N–H and O–H groups in total. The Morgan fingerprint density at radius 1 is 1.00 bits per heavy atom. The summed E-state index contributed by atoms with van der Waals surface area (Å²) in [6.45, 7) is 3.20. The van der Waals surface area contributed by atoms with Crippen LogP contribution in [-0.4, -0.2) is 13.6 Å². The molecular weight excluding hydrogens is 254 g/mol. The van der Waals surface area contributed by atoms with Gasteiger partial charge in [-0.2, -0.15) is 0 Å². The van der Waals surface area contributed by atoms with Crippen LogP contribution in [-0.2, 0) is 12.8 Å². The summed E-state index contributed by atoms with van der Waals surface area (Å²) in [5, 5.41) is 3.24. The third kappa shape index (κ3) is 2.93. The molecule has 21 heavy (non-hydrogen) atoms. The van der Waals surface area contributed by atoms with E-state index in [1.165, 1.54) is 33.4 Å². The molecular formula is C20H23N. The Labute approximate surface area is 127 Å². The SMILES string of the molecule is CNCC/C=C1\c2ccccc2CCc2cc(C)ccc21. The lowest BCUT2D eigenvalue weighted by Gasteiger charge is -2.12. The van der Waals surface area contributed by atoms with E-state index in [0.717, 1.165) is 25.8 Å². The van der Waals surface area contributed by atoms with E-state index in [2.05, 4.69) is 60.8 Å². The van der Waals surface area contributed by atoms with Gasteiger partial charge in [-0.1, -0.05) is 54.1 Å². The summed E-state index contributed by atoms with van der Waals surface area (Å²) in [6, 6.07) is 15.8. The first kappa shape index (κ1) is 14.1. The van der Waals surface area contributed by atoms with Crippen molar-refractivity contribution in [2.75, 3.05) is 13.6 Å². The Morgan fingerprint density at radius 3 is 2.62 bits per heavy atom. The van der Waals surface area contributed by atoms with Crippen LogP contribution < -0.4 is 5.32 Å². The molecule has 0 heterocycles. The lowest BCUT2D eigenvalue weighted by molar-refractivity contribution is 0.808. The van der Waals surface area contributed by atoms with Gasteiger partial charge in [0.1, 0.15) is 0 Å². The maximum atomic E-state index is 3.24. The van der Waals surface area contributed by atoms with E-state index < -0.39 is 0 Å². The van der Waals surface area contributed by atoms with Crippen LogP contribution in [0.4, 0.5) is 0 Å². The zero-order chi connectivity index (χ0) is 14.7. The maximum absolute atomic E-state index is 3.24. The van der Waals surface area contributed by atoms with Crippen molar-refractivity contribution in [3.63, 3.8) is 0 Å². The second-order valence-corrected chi connectivity index (χ2v) is 5.83. The lowest BCUT2D eigenvalue weighted by Crippen LogP contribution is -2.06. The Balaban J connectivity index is 2.13. The molecule has 0 atom stereocenters. The number of benzene rings is 2. The summed E-state index contributed by atoms with van der Waals surface area (Å²) in [4.78, 5) is 0. The normalized spacial score (nSPS) is 15.4. The highest BCUT2D eigenvalue weighted by Gasteiger charge is 2.17. The van der Waals surface area contributed by atoms with Gasteiger partial charge >= 0.3 is 0 Å². The number of rotatable bonds is 3. The zero-order valence-corrected chi connectivity index (χ0v) is 12.9. The van der Waals surface area contributed by atoms with Crippen molar-refractivity contribution in [2.45, 2.75) is 26.2 Å². The molecule has 0 saturated heterocycles. The highest BCUT2D eigenvalue weighted by Crippen LogP contribution is 2.34. The molecule has 2 aromatic rings. The molecule has 1 aliphatic rings. The van der Waals surface area contributed by atoms with Crippen LogP contribution in [0.5, 0.6) is 0 Å². The van der Waals surface area contributed by atoms with Gasteiger partial charge < -0.3 is 5.32 Å². The number of hydrogen-bond donors (Lipinski definition) is 1. The van der Waals surface area contributed by atoms with Crippen LogP contribution in [0.25, 0.3) is 5.57 Å². The predicted octanol–water partition coefficient (Wildman–Crippen LogP) is 4.13. The number of fused-ring (bicyclic) bond motifs is 2. The fourth-order valence-electron chi connectivity index (χ4n) is 3.19. The van der Waals surface area contributed by atoms with Crippen molar-refractivity contribution in [1.29, 1.82) is 0 Å². The van der Waals surface area contributed by atoms with Crippen molar-refractivity contribution < 1.29 is 0 Å². The molecule has 108 valence electrons. The predicted molar refractivity (Wildman–Crippen MR) is 90.7 cm³/mol. The zero-order valence-electron chi connectivity index (χ0n) is 12.9. The van der Waals surface area contributed by atoms with Gasteiger partial charge in [-0.25, -0.2) is 0 Å². The van der Waals surface area contributed by atoms with Crippen LogP contribution in [0.1, 0.15) is 34.2 Å². The molecule has 0 aliphatic heterocycles. The van der Waals surface area contributed by atoms with Crippen LogP contribution in [0.3, 0.4) is 0 Å². The second-order valence-electron chi connectivity index (χ2n) is 5.83. The molecule has 1 aliphatic carbocycles. The molecule has 3 rings (SSSR count). The van der Waals surface area contributed by atoms with Crippen LogP contribution in [0.2, 0.25) is 0 Å². The van der Waals surface area contributed by atoms with Crippen molar-refractivity contribution in [3.05, 3.63) is 76.4 Å². The summed E-state index contributed by atoms with van der Waals surface area (Å²) in [5.74, 6) is 0. The molecule has 0 aromatic heterocycles. The van der Waals surface area contributed by atoms with Crippen molar-refractivity contribution in [3.8, 4) is 0 Å². The van der Waals surface area contributed by atoms with E-state index in [1.54, 1.807) is 0 Å². The lowest BCUT2D eigenvalue weighted by atomic mass is 9.92. The first-order valence-corrected chi connectivity index (χ1v) is 7.82. The van der Waals surface area contributed by atoms with E-state index in [0.29, 0.717) is 0 Å². The smallest absolute Gasteiger partial charge is 0.00169 e. The largest absolute Gasteiger partial charge is 0.319 e. The van der Waals surface area contributed by atoms with Crippen molar-refractivity contribution in [1.82, 2.24) is 5.32 Å². The van der Waals surface area contributed by atoms with E-state index in [4.69, 9.17) is 0 Å². The summed E-state index contributed by atoms with van der Waals surface area (Å²) in [7, 11) is 2.01. The highest BCUT2D eigenvalue weighted by molar-refractivity contribution is 5.84. The fourth-order valence-corrected chi connectivity index (χ4v) is 3.19. The van der Waals surface area contributed by atoms with Gasteiger partial charge in [-0.05, 0) is 67.6 Å². The summed E-state index contributed by atoms with van der Waals surface area (Å²) >= 11 is 0. The molecule has 0 bridgehead atoms. The van der Waals surface area contributed by atoms with Gasteiger partial charge in [-0.15, -0.1) is 0 Å². The first-order chi connectivity index (χ1) is 10.3. The van der Waals surface area contributed by atoms with Crippen LogP contribution in [0.15, 0.2) is 48.5 Å². The summed E-state index contributed by atoms with van der Waals surface area (Å²) in [5.41, 5.74) is 8.56. The Bertz CT molecular complexity index is 667. The Morgan fingerprint density at radius 2 is 1.76 bits per heavy atom. The number of nitrogens with one attached hydrogen (secondary N) is 1. The van der Waals surface area contributed by atoms with Gasteiger partial charge in [0, 0.05) is 0 Å². The van der Waals surface area contributed by atoms with Gasteiger partial charge in [-0.3, -0.25) is 0 Å². The van der Waals surface area contributed by atoms with Crippen molar-refractivity contribution >= 4 is 5.57 Å². The highest BCUT2D eigenvalue weighted by atomic mass is 14.8. The van der Waals surface area contributed by atoms with E-state index in [1.807, 2.05) is 7.05 Å². The average Bonchev–Trinajstić information content (AvgIpc) is 2.65. The molecule has 1 nitrogen and oxygen atoms in total.